The first-order chi connectivity index (χ1) is 19.8. The van der Waals surface area contributed by atoms with Gasteiger partial charge in [-0.1, -0.05) is 55.0 Å². The molecule has 0 aromatic heterocycles. The maximum absolute atomic E-state index is 14.1. The molecule has 0 spiro atoms. The number of halogens is 1. The van der Waals surface area contributed by atoms with Gasteiger partial charge in [-0.3, -0.25) is 13.9 Å². The molecule has 0 saturated heterocycles. The number of rotatable bonds is 12. The summed E-state index contributed by atoms with van der Waals surface area (Å²) in [5.41, 5.74) is 1.80. The van der Waals surface area contributed by atoms with Gasteiger partial charge in [0, 0.05) is 12.1 Å². The van der Waals surface area contributed by atoms with Gasteiger partial charge in [-0.15, -0.1) is 0 Å². The topological polar surface area (TPSA) is 96.0 Å². The minimum Gasteiger partial charge on any atom is -0.496 e. The van der Waals surface area contributed by atoms with Crippen LogP contribution >= 0.6 is 15.9 Å². The molecule has 1 N–H and O–H groups in total. The van der Waals surface area contributed by atoms with E-state index in [1.165, 1.54) is 24.1 Å². The van der Waals surface area contributed by atoms with Crippen LogP contribution in [0.25, 0.3) is 0 Å². The fourth-order valence-electron chi connectivity index (χ4n) is 4.52. The average molecular weight is 659 g/mol. The van der Waals surface area contributed by atoms with Gasteiger partial charge in [0.25, 0.3) is 10.0 Å². The number of nitrogens with zero attached hydrogens (tertiary/aromatic N) is 2. The molecule has 0 heterocycles. The van der Waals surface area contributed by atoms with Crippen LogP contribution in [0.1, 0.15) is 45.2 Å². The van der Waals surface area contributed by atoms with Crippen molar-refractivity contribution in [2.75, 3.05) is 24.5 Å². The lowest BCUT2D eigenvalue weighted by molar-refractivity contribution is -0.140. The zero-order chi connectivity index (χ0) is 31.1. The summed E-state index contributed by atoms with van der Waals surface area (Å²) in [7, 11) is -2.70. The number of carbonyl (C=O) groups excluding carboxylic acids is 2. The number of carbonyl (C=O) groups is 2. The zero-order valence-corrected chi connectivity index (χ0v) is 27.5. The fraction of sp³-hybridized carbons (Fsp3) is 0.375. The first-order valence-corrected chi connectivity index (χ1v) is 16.1. The van der Waals surface area contributed by atoms with Gasteiger partial charge in [0.15, 0.2) is 0 Å². The van der Waals surface area contributed by atoms with E-state index in [-0.39, 0.29) is 17.3 Å². The molecule has 42 heavy (non-hydrogen) atoms. The Morgan fingerprint density at radius 3 is 2.19 bits per heavy atom. The number of hydrogen-bond acceptors (Lipinski definition) is 5. The molecule has 10 heteroatoms. The van der Waals surface area contributed by atoms with Crippen molar-refractivity contribution in [3.63, 3.8) is 0 Å². The van der Waals surface area contributed by atoms with Gasteiger partial charge < -0.3 is 15.0 Å². The van der Waals surface area contributed by atoms with E-state index in [1.807, 2.05) is 65.0 Å². The predicted molar refractivity (Wildman–Crippen MR) is 170 cm³/mol. The Morgan fingerprint density at radius 2 is 1.64 bits per heavy atom. The summed E-state index contributed by atoms with van der Waals surface area (Å²) >= 11 is 3.37. The van der Waals surface area contributed by atoms with Crippen LogP contribution in [0.5, 0.6) is 5.75 Å². The first-order valence-electron chi connectivity index (χ1n) is 13.8. The van der Waals surface area contributed by atoms with Crippen LogP contribution in [-0.2, 0) is 26.0 Å². The van der Waals surface area contributed by atoms with Crippen LogP contribution in [0, 0.1) is 6.92 Å². The van der Waals surface area contributed by atoms with Crippen molar-refractivity contribution in [1.82, 2.24) is 10.2 Å². The Labute approximate surface area is 258 Å². The van der Waals surface area contributed by atoms with E-state index in [1.54, 1.807) is 30.3 Å². The molecule has 0 bridgehead atoms. The third-order valence-corrected chi connectivity index (χ3v) is 9.07. The summed E-state index contributed by atoms with van der Waals surface area (Å²) in [5, 5.41) is 2.99. The molecule has 0 radical (unpaired) electrons. The molecule has 0 fully saturated rings. The normalized spacial score (nSPS) is 12.4. The van der Waals surface area contributed by atoms with Gasteiger partial charge in [0.05, 0.1) is 22.2 Å². The highest BCUT2D eigenvalue weighted by molar-refractivity contribution is 9.10. The van der Waals surface area contributed by atoms with Crippen molar-refractivity contribution < 1.29 is 22.7 Å². The minimum atomic E-state index is -4.19. The van der Waals surface area contributed by atoms with E-state index in [2.05, 4.69) is 21.2 Å². The molecule has 0 aliphatic heterocycles. The van der Waals surface area contributed by atoms with E-state index in [4.69, 9.17) is 4.74 Å². The Hall–Kier alpha value is -3.37. The van der Waals surface area contributed by atoms with Gasteiger partial charge in [-0.2, -0.15) is 0 Å². The quantitative estimate of drug-likeness (QED) is 0.269. The van der Waals surface area contributed by atoms with Crippen LogP contribution in [0.2, 0.25) is 0 Å². The van der Waals surface area contributed by atoms with E-state index in [9.17, 15) is 18.0 Å². The number of anilines is 1. The lowest BCUT2D eigenvalue weighted by Crippen LogP contribution is -2.56. The molecule has 3 rings (SSSR count). The maximum atomic E-state index is 14.1. The number of benzene rings is 3. The standard InChI is InChI=1S/C32H40BrN3O5S/c1-7-28(31(38)34-32(3,4)5)35(20-19-24-11-9-8-10-12-24)30(37)22-36(25-15-13-23(2)14-16-25)42(39,40)26-17-18-29(41-6)27(33)21-26/h8-18,21,28H,7,19-20,22H2,1-6H3,(H,34,38)/t28-/m1/s1. The SMILES string of the molecule is CC[C@H](C(=O)NC(C)(C)C)N(CCc1ccccc1)C(=O)CN(c1ccc(C)cc1)S(=O)(=O)c1ccc(OC)c(Br)c1. The Bertz CT molecular complexity index is 1470. The molecule has 3 aromatic rings. The van der Waals surface area contributed by atoms with Crippen LogP contribution in [-0.4, -0.2) is 56.9 Å². The molecule has 0 unspecified atom stereocenters. The third-order valence-electron chi connectivity index (χ3n) is 6.68. The van der Waals surface area contributed by atoms with Crippen LogP contribution in [0.15, 0.2) is 82.2 Å². The monoisotopic (exact) mass is 657 g/mol. The van der Waals surface area contributed by atoms with Gasteiger partial charge in [0.2, 0.25) is 11.8 Å². The lowest BCUT2D eigenvalue weighted by atomic mass is 10.1. The number of aryl methyl sites for hydroxylation is 1. The molecular weight excluding hydrogens is 618 g/mol. The number of ether oxygens (including phenoxy) is 1. The van der Waals surface area contributed by atoms with E-state index in [0.717, 1.165) is 15.4 Å². The largest absolute Gasteiger partial charge is 0.496 e. The smallest absolute Gasteiger partial charge is 0.264 e. The minimum absolute atomic E-state index is 0.00287. The van der Waals surface area contributed by atoms with Crippen molar-refractivity contribution in [2.24, 2.45) is 0 Å². The van der Waals surface area contributed by atoms with Crippen molar-refractivity contribution in [1.29, 1.82) is 0 Å². The molecule has 0 aliphatic carbocycles. The summed E-state index contributed by atoms with van der Waals surface area (Å²) in [6.07, 6.45) is 0.875. The van der Waals surface area contributed by atoms with Gasteiger partial charge in [-0.25, -0.2) is 8.42 Å². The van der Waals surface area contributed by atoms with Crippen molar-refractivity contribution in [3.8, 4) is 5.75 Å². The van der Waals surface area contributed by atoms with Crippen molar-refractivity contribution >= 4 is 43.5 Å². The second-order valence-corrected chi connectivity index (χ2v) is 13.8. The lowest BCUT2D eigenvalue weighted by Gasteiger charge is -2.34. The maximum Gasteiger partial charge on any atom is 0.264 e. The molecule has 0 saturated carbocycles. The second kappa shape index (κ2) is 14.2. The zero-order valence-electron chi connectivity index (χ0n) is 25.1. The summed E-state index contributed by atoms with van der Waals surface area (Å²) in [4.78, 5) is 29.0. The molecule has 2 amide bonds. The Kier molecular flexibility index (Phi) is 11.2. The van der Waals surface area contributed by atoms with E-state index in [0.29, 0.717) is 28.8 Å². The number of methoxy groups -OCH3 is 1. The fourth-order valence-corrected chi connectivity index (χ4v) is 6.66. The summed E-state index contributed by atoms with van der Waals surface area (Å²) in [6.45, 7) is 9.15. The molecule has 226 valence electrons. The van der Waals surface area contributed by atoms with Gasteiger partial charge >= 0.3 is 0 Å². The van der Waals surface area contributed by atoms with Gasteiger partial charge in [0.1, 0.15) is 18.3 Å². The van der Waals surface area contributed by atoms with Crippen molar-refractivity contribution in [2.45, 2.75) is 63.9 Å². The average Bonchev–Trinajstić information content (AvgIpc) is 2.93. The highest BCUT2D eigenvalue weighted by Gasteiger charge is 2.34. The number of sulfonamides is 1. The summed E-state index contributed by atoms with van der Waals surface area (Å²) in [5.74, 6) is -0.275. The van der Waals surface area contributed by atoms with Crippen LogP contribution in [0.4, 0.5) is 5.69 Å². The Balaban J connectivity index is 2.04. The number of amides is 2. The van der Waals surface area contributed by atoms with Crippen LogP contribution < -0.4 is 14.4 Å². The van der Waals surface area contributed by atoms with Crippen LogP contribution in [0.3, 0.4) is 0 Å². The summed E-state index contributed by atoms with van der Waals surface area (Å²) < 4.78 is 35.0. The number of hydrogen-bond donors (Lipinski definition) is 1. The highest BCUT2D eigenvalue weighted by Crippen LogP contribution is 2.31. The first kappa shape index (κ1) is 33.1. The number of nitrogens with one attached hydrogen (secondary N) is 1. The molecule has 3 aromatic carbocycles. The van der Waals surface area contributed by atoms with Crippen molar-refractivity contribution in [3.05, 3.63) is 88.4 Å². The summed E-state index contributed by atoms with van der Waals surface area (Å²) in [6, 6.07) is 20.3. The second-order valence-electron chi connectivity index (χ2n) is 11.1. The third kappa shape index (κ3) is 8.58. The van der Waals surface area contributed by atoms with Gasteiger partial charge in [-0.05, 0) is 92.4 Å². The Morgan fingerprint density at radius 1 is 1.00 bits per heavy atom. The molecule has 1 atom stereocenters. The predicted octanol–water partition coefficient (Wildman–Crippen LogP) is 5.73. The molecule has 0 aliphatic rings. The highest BCUT2D eigenvalue weighted by atomic mass is 79.9. The van der Waals surface area contributed by atoms with E-state index >= 15 is 0 Å². The van der Waals surface area contributed by atoms with E-state index < -0.39 is 34.1 Å². The molecular formula is C32H40BrN3O5S. The molecule has 8 nitrogen and oxygen atoms in total.